The van der Waals surface area contributed by atoms with Crippen LogP contribution in [0.3, 0.4) is 0 Å². The molecule has 5 N–H and O–H groups in total. The largest absolute Gasteiger partial charge is 0.481 e. The van der Waals surface area contributed by atoms with E-state index in [1.54, 1.807) is 54.6 Å². The van der Waals surface area contributed by atoms with Gasteiger partial charge in [-0.1, -0.05) is 42.5 Å². The Labute approximate surface area is 224 Å². The Morgan fingerprint density at radius 3 is 1.97 bits per heavy atom. The molecule has 0 spiro atoms. The molecule has 4 rings (SSSR count). The molecule has 0 bridgehead atoms. The molecule has 3 unspecified atom stereocenters. The fourth-order valence-electron chi connectivity index (χ4n) is 4.19. The minimum atomic E-state index is -0.977. The third-order valence-electron chi connectivity index (χ3n) is 6.24. The zero-order valence-corrected chi connectivity index (χ0v) is 21.2. The molecule has 194 valence electrons. The van der Waals surface area contributed by atoms with Crippen molar-refractivity contribution < 1.29 is 24.3 Å². The molecule has 0 aliphatic heterocycles. The van der Waals surface area contributed by atoms with Gasteiger partial charge in [-0.2, -0.15) is 0 Å². The molecule has 1 aliphatic carbocycles. The molecule has 0 aromatic heterocycles. The first-order chi connectivity index (χ1) is 18.3. The van der Waals surface area contributed by atoms with Gasteiger partial charge in [-0.25, -0.2) is 0 Å². The number of nitrogens with one attached hydrogen (secondary N) is 2. The summed E-state index contributed by atoms with van der Waals surface area (Å²) in [5.41, 5.74) is 7.54. The van der Waals surface area contributed by atoms with Crippen LogP contribution in [0.15, 0.2) is 95.9 Å². The monoisotopic (exact) mass is 529 g/mol. The van der Waals surface area contributed by atoms with Crippen LogP contribution in [0.4, 0.5) is 11.4 Å². The summed E-state index contributed by atoms with van der Waals surface area (Å²) in [6.07, 6.45) is 4.35. The lowest BCUT2D eigenvalue weighted by Crippen LogP contribution is -2.34. The van der Waals surface area contributed by atoms with Crippen molar-refractivity contribution in [2.24, 2.45) is 17.6 Å². The topological polar surface area (TPSA) is 139 Å². The second-order valence-corrected chi connectivity index (χ2v) is 10.0. The van der Waals surface area contributed by atoms with Gasteiger partial charge >= 0.3 is 5.97 Å². The molecule has 3 aromatic carbocycles. The molecule has 1 aliphatic rings. The highest BCUT2D eigenvalue weighted by atomic mass is 32.2. The van der Waals surface area contributed by atoms with Crippen molar-refractivity contribution in [3.05, 3.63) is 102 Å². The number of thioether (sulfide) groups is 1. The van der Waals surface area contributed by atoms with Crippen LogP contribution in [0, 0.1) is 11.8 Å². The van der Waals surface area contributed by atoms with E-state index in [0.717, 1.165) is 10.5 Å². The van der Waals surface area contributed by atoms with Crippen molar-refractivity contribution in [2.45, 2.75) is 23.0 Å². The smallest absolute Gasteiger partial charge is 0.307 e. The van der Waals surface area contributed by atoms with Crippen LogP contribution >= 0.6 is 11.8 Å². The van der Waals surface area contributed by atoms with Crippen LogP contribution in [-0.4, -0.2) is 28.8 Å². The van der Waals surface area contributed by atoms with Crippen molar-refractivity contribution in [1.29, 1.82) is 0 Å². The van der Waals surface area contributed by atoms with Crippen molar-refractivity contribution in [1.82, 2.24) is 0 Å². The number of carboxylic acid groups (broad SMARTS) is 1. The SMILES string of the molecule is NC(=O)c1ccc(NC(=O)C(Sc2ccc(NC(=O)C3CC=CCC3C(=O)O)cc2)c2ccccc2)cc1. The van der Waals surface area contributed by atoms with Gasteiger partial charge in [-0.3, -0.25) is 19.2 Å². The quantitative estimate of drug-likeness (QED) is 0.231. The Bertz CT molecular complexity index is 1340. The van der Waals surface area contributed by atoms with Crippen molar-refractivity contribution in [2.75, 3.05) is 10.6 Å². The minimum Gasteiger partial charge on any atom is -0.481 e. The number of carbonyl (C=O) groups is 4. The molecule has 0 heterocycles. The van der Waals surface area contributed by atoms with E-state index in [1.165, 1.54) is 11.8 Å². The van der Waals surface area contributed by atoms with Crippen molar-refractivity contribution >= 4 is 46.8 Å². The van der Waals surface area contributed by atoms with Gasteiger partial charge in [0.25, 0.3) is 0 Å². The Morgan fingerprint density at radius 2 is 1.37 bits per heavy atom. The average molecular weight is 530 g/mol. The lowest BCUT2D eigenvalue weighted by molar-refractivity contribution is -0.146. The molecule has 3 aromatic rings. The fourth-order valence-corrected chi connectivity index (χ4v) is 5.22. The zero-order chi connectivity index (χ0) is 27.1. The number of amides is 3. The average Bonchev–Trinajstić information content (AvgIpc) is 2.93. The van der Waals surface area contributed by atoms with Crippen LogP contribution in [0.25, 0.3) is 0 Å². The number of hydrogen-bond acceptors (Lipinski definition) is 5. The number of hydrogen-bond donors (Lipinski definition) is 4. The summed E-state index contributed by atoms with van der Waals surface area (Å²) >= 11 is 1.35. The summed E-state index contributed by atoms with van der Waals surface area (Å²) in [5, 5.41) is 14.6. The summed E-state index contributed by atoms with van der Waals surface area (Å²) in [7, 11) is 0. The first kappa shape index (κ1) is 26.7. The molecule has 9 heteroatoms. The molecule has 38 heavy (non-hydrogen) atoms. The van der Waals surface area contributed by atoms with Gasteiger partial charge in [0, 0.05) is 21.8 Å². The summed E-state index contributed by atoms with van der Waals surface area (Å²) in [5.74, 6) is -3.46. The van der Waals surface area contributed by atoms with Crippen LogP contribution in [0.1, 0.15) is 34.0 Å². The number of allylic oxidation sites excluding steroid dienone is 2. The number of benzene rings is 3. The summed E-state index contributed by atoms with van der Waals surface area (Å²) in [4.78, 5) is 49.7. The van der Waals surface area contributed by atoms with Crippen LogP contribution in [0.2, 0.25) is 0 Å². The molecule has 3 atom stereocenters. The van der Waals surface area contributed by atoms with E-state index in [-0.39, 0.29) is 11.8 Å². The van der Waals surface area contributed by atoms with E-state index in [1.807, 2.05) is 36.4 Å². The highest BCUT2D eigenvalue weighted by Crippen LogP contribution is 2.37. The van der Waals surface area contributed by atoms with Crippen molar-refractivity contribution in [3.63, 3.8) is 0 Å². The highest BCUT2D eigenvalue weighted by Gasteiger charge is 2.34. The molecule has 0 saturated heterocycles. The van der Waals surface area contributed by atoms with Crippen LogP contribution < -0.4 is 16.4 Å². The first-order valence-corrected chi connectivity index (χ1v) is 12.9. The summed E-state index contributed by atoms with van der Waals surface area (Å²) in [6, 6.07) is 22.8. The van der Waals surface area contributed by atoms with Crippen molar-refractivity contribution in [3.8, 4) is 0 Å². The van der Waals surface area contributed by atoms with Gasteiger partial charge < -0.3 is 21.5 Å². The minimum absolute atomic E-state index is 0.240. The lowest BCUT2D eigenvalue weighted by atomic mass is 9.82. The second-order valence-electron chi connectivity index (χ2n) is 8.85. The van der Waals surface area contributed by atoms with Crippen LogP contribution in [0.5, 0.6) is 0 Å². The van der Waals surface area contributed by atoms with E-state index in [0.29, 0.717) is 29.8 Å². The highest BCUT2D eigenvalue weighted by molar-refractivity contribution is 8.00. The maximum Gasteiger partial charge on any atom is 0.307 e. The number of primary amides is 1. The molecule has 0 fully saturated rings. The zero-order valence-electron chi connectivity index (χ0n) is 20.4. The third kappa shape index (κ3) is 6.68. The molecule has 8 nitrogen and oxygen atoms in total. The Balaban J connectivity index is 1.46. The maximum absolute atomic E-state index is 13.3. The lowest BCUT2D eigenvalue weighted by Gasteiger charge is -2.24. The normalized spacial score (nSPS) is 17.3. The predicted molar refractivity (Wildman–Crippen MR) is 147 cm³/mol. The molecular formula is C29H27N3O5S. The number of anilines is 2. The Hall–Kier alpha value is -4.37. The standard InChI is InChI=1S/C29H27N3O5S/c30-26(33)19-10-12-20(13-11-19)32-28(35)25(18-6-2-1-3-7-18)38-22-16-14-21(15-17-22)31-27(34)23-8-4-5-9-24(23)29(36)37/h1-7,10-17,23-25H,8-9H2,(H2,30,33)(H,31,34)(H,32,35)(H,36,37). The van der Waals surface area contributed by atoms with E-state index in [2.05, 4.69) is 10.6 Å². The molecule has 3 amide bonds. The maximum atomic E-state index is 13.3. The number of carbonyl (C=O) groups excluding carboxylic acids is 3. The summed E-state index contributed by atoms with van der Waals surface area (Å²) < 4.78 is 0. The number of nitrogens with two attached hydrogens (primary N) is 1. The van der Waals surface area contributed by atoms with Gasteiger partial charge in [0.2, 0.25) is 17.7 Å². The Morgan fingerprint density at radius 1 is 0.789 bits per heavy atom. The first-order valence-electron chi connectivity index (χ1n) is 12.0. The fraction of sp³-hybridized carbons (Fsp3) is 0.172. The summed E-state index contributed by atoms with van der Waals surface area (Å²) in [6.45, 7) is 0. The second kappa shape index (κ2) is 12.2. The van der Waals surface area contributed by atoms with Gasteiger partial charge in [0.1, 0.15) is 5.25 Å². The number of aliphatic carboxylic acids is 1. The van der Waals surface area contributed by atoms with Gasteiger partial charge in [-0.05, 0) is 66.9 Å². The van der Waals surface area contributed by atoms with E-state index in [4.69, 9.17) is 5.73 Å². The van der Waals surface area contributed by atoms with Gasteiger partial charge in [-0.15, -0.1) is 11.8 Å². The van der Waals surface area contributed by atoms with Gasteiger partial charge in [0.05, 0.1) is 11.8 Å². The molecule has 0 saturated carbocycles. The van der Waals surface area contributed by atoms with Crippen LogP contribution in [-0.2, 0) is 14.4 Å². The number of rotatable bonds is 9. The van der Waals surface area contributed by atoms with E-state index >= 15 is 0 Å². The van der Waals surface area contributed by atoms with E-state index in [9.17, 15) is 24.3 Å². The molecule has 0 radical (unpaired) electrons. The number of carboxylic acids is 1. The Kier molecular flexibility index (Phi) is 8.60. The molecular weight excluding hydrogens is 502 g/mol. The van der Waals surface area contributed by atoms with E-state index < -0.39 is 29.0 Å². The van der Waals surface area contributed by atoms with Gasteiger partial charge in [0.15, 0.2) is 0 Å². The predicted octanol–water partition coefficient (Wildman–Crippen LogP) is 4.86. The third-order valence-corrected chi connectivity index (χ3v) is 7.51.